The van der Waals surface area contributed by atoms with Crippen molar-refractivity contribution in [3.8, 4) is 34.3 Å². The first-order chi connectivity index (χ1) is 39.2. The van der Waals surface area contributed by atoms with Crippen molar-refractivity contribution in [2.75, 3.05) is 14.2 Å². The number of aromatic nitrogens is 4. The molecule has 0 bridgehead atoms. The Morgan fingerprint density at radius 2 is 0.688 bits per heavy atom. The molecule has 0 amide bonds. The van der Waals surface area contributed by atoms with Crippen LogP contribution in [0, 0.1) is 0 Å². The number of carbonyl (C=O) groups excluding carboxylic acids is 1. The van der Waals surface area contributed by atoms with E-state index in [-0.39, 0.29) is 17.2 Å². The highest BCUT2D eigenvalue weighted by molar-refractivity contribution is 6.07. The van der Waals surface area contributed by atoms with Crippen LogP contribution in [0.4, 0.5) is 0 Å². The Kier molecular flexibility index (Phi) is 13.3. The zero-order chi connectivity index (χ0) is 55.0. The summed E-state index contributed by atoms with van der Waals surface area (Å²) in [6.07, 6.45) is 3.87. The molecule has 0 saturated carbocycles. The zero-order valence-corrected chi connectivity index (χ0v) is 45.2. The van der Waals surface area contributed by atoms with Crippen molar-refractivity contribution in [3.05, 3.63) is 324 Å². The standard InChI is InChI=1S/C73H58N4O3/c1-49(2)67-61-41-37-53(45-51(61)39-43-65(67)79-5)70-74-63(47-76(70)72(55-25-13-7-14-26-55,56-27-15-8-16-28-56)57-29-17-9-18-30-57)69(78)64-48-77(71(75-64)54-38-42-62-52(46-54)40-44-66(80-6)68(62)50(3)4)73(58-31-19-10-20-32-58,59-33-21-11-22-34-59)60-35-23-12-24-36-60/h7-48H,1,3H2,2,4-6H3. The van der Waals surface area contributed by atoms with Crippen molar-refractivity contribution in [1.82, 2.24) is 19.1 Å². The van der Waals surface area contributed by atoms with Crippen LogP contribution in [0.5, 0.6) is 11.5 Å². The van der Waals surface area contributed by atoms with Crippen molar-refractivity contribution >= 4 is 38.5 Å². The molecule has 0 spiro atoms. The van der Waals surface area contributed by atoms with Crippen LogP contribution in [-0.4, -0.2) is 39.1 Å². The lowest BCUT2D eigenvalue weighted by atomic mass is 9.76. The zero-order valence-electron chi connectivity index (χ0n) is 45.2. The summed E-state index contributed by atoms with van der Waals surface area (Å²) in [6.45, 7) is 12.7. The highest BCUT2D eigenvalue weighted by Crippen LogP contribution is 2.47. The van der Waals surface area contributed by atoms with Crippen LogP contribution in [-0.2, 0) is 11.1 Å². The number of hydrogen-bond acceptors (Lipinski definition) is 5. The van der Waals surface area contributed by atoms with Crippen LogP contribution < -0.4 is 9.47 Å². The third-order valence-electron chi connectivity index (χ3n) is 15.5. The molecule has 388 valence electrons. The second-order valence-corrected chi connectivity index (χ2v) is 20.3. The first kappa shape index (κ1) is 50.7. The van der Waals surface area contributed by atoms with Crippen LogP contribution in [0.3, 0.4) is 0 Å². The minimum Gasteiger partial charge on any atom is -0.496 e. The summed E-state index contributed by atoms with van der Waals surface area (Å²) in [5, 5.41) is 3.94. The second kappa shape index (κ2) is 21.0. The molecule has 0 saturated heterocycles. The third kappa shape index (κ3) is 8.42. The SMILES string of the molecule is C=C(C)c1c(OC)ccc2cc(-c3nc(C(=O)c4cn(C(c5ccccc5)(c5ccccc5)c5ccccc5)c(-c5ccc6c(C(=C)C)c(OC)ccc6c5)n4)cn3C(c3ccccc3)(c3ccccc3)c3ccccc3)ccc12. The minimum atomic E-state index is -1.04. The number of hydrogen-bond donors (Lipinski definition) is 0. The van der Waals surface area contributed by atoms with Gasteiger partial charge in [-0.1, -0.05) is 232 Å². The fourth-order valence-corrected chi connectivity index (χ4v) is 12.1. The predicted octanol–water partition coefficient (Wildman–Crippen LogP) is 16.7. The van der Waals surface area contributed by atoms with E-state index in [2.05, 4.69) is 216 Å². The van der Waals surface area contributed by atoms with Gasteiger partial charge in [0.1, 0.15) is 45.6 Å². The number of methoxy groups -OCH3 is 2. The third-order valence-corrected chi connectivity index (χ3v) is 15.5. The molecule has 0 atom stereocenters. The van der Waals surface area contributed by atoms with E-state index < -0.39 is 11.1 Å². The molecule has 0 aliphatic carbocycles. The number of carbonyl (C=O) groups is 1. The van der Waals surface area contributed by atoms with Crippen LogP contribution in [0.1, 0.15) is 74.5 Å². The highest BCUT2D eigenvalue weighted by atomic mass is 16.5. The van der Waals surface area contributed by atoms with Gasteiger partial charge < -0.3 is 18.6 Å². The number of ketones is 1. The molecule has 10 aromatic carbocycles. The molecule has 0 radical (unpaired) electrons. The average molecular weight is 1040 g/mol. The lowest BCUT2D eigenvalue weighted by Gasteiger charge is -2.38. The van der Waals surface area contributed by atoms with Gasteiger partial charge in [-0.3, -0.25) is 4.79 Å². The number of fused-ring (bicyclic) bond motifs is 2. The van der Waals surface area contributed by atoms with Gasteiger partial charge in [-0.05, 0) is 104 Å². The maximum absolute atomic E-state index is 16.3. The summed E-state index contributed by atoms with van der Waals surface area (Å²) in [4.78, 5) is 27.4. The summed E-state index contributed by atoms with van der Waals surface area (Å²) < 4.78 is 16.1. The van der Waals surface area contributed by atoms with Crippen molar-refractivity contribution in [2.24, 2.45) is 0 Å². The number of ether oxygens (including phenoxy) is 2. The largest absolute Gasteiger partial charge is 0.496 e. The summed E-state index contributed by atoms with van der Waals surface area (Å²) >= 11 is 0. The molecule has 0 unspecified atom stereocenters. The Labute approximate surface area is 467 Å². The first-order valence-electron chi connectivity index (χ1n) is 26.8. The van der Waals surface area contributed by atoms with E-state index in [1.807, 2.05) is 74.8 Å². The predicted molar refractivity (Wildman–Crippen MR) is 326 cm³/mol. The molecule has 12 aromatic rings. The Morgan fingerprint density at radius 3 is 0.950 bits per heavy atom. The summed E-state index contributed by atoms with van der Waals surface area (Å²) in [5.74, 6) is 2.33. The number of nitrogens with zero attached hydrogens (tertiary/aromatic N) is 4. The molecule has 0 aliphatic rings. The van der Waals surface area contributed by atoms with Crippen LogP contribution in [0.15, 0.2) is 268 Å². The number of imidazole rings is 2. The molecule has 2 aromatic heterocycles. The molecule has 0 fully saturated rings. The lowest BCUT2D eigenvalue weighted by molar-refractivity contribution is 0.103. The highest BCUT2D eigenvalue weighted by Gasteiger charge is 2.43. The number of benzene rings is 10. The van der Waals surface area contributed by atoms with Gasteiger partial charge in [-0.15, -0.1) is 0 Å². The fourth-order valence-electron chi connectivity index (χ4n) is 12.1. The van der Waals surface area contributed by atoms with E-state index in [4.69, 9.17) is 19.4 Å². The Morgan fingerprint density at radius 1 is 0.400 bits per heavy atom. The Balaban J connectivity index is 1.16. The normalized spacial score (nSPS) is 11.7. The summed E-state index contributed by atoms with van der Waals surface area (Å²) in [5.41, 5.74) is 9.57. The van der Waals surface area contributed by atoms with Crippen LogP contribution >= 0.6 is 0 Å². The van der Waals surface area contributed by atoms with Gasteiger partial charge in [-0.2, -0.15) is 0 Å². The van der Waals surface area contributed by atoms with Gasteiger partial charge in [0.25, 0.3) is 0 Å². The molecule has 7 nitrogen and oxygen atoms in total. The Bertz CT molecular complexity index is 3790. The first-order valence-corrected chi connectivity index (χ1v) is 26.8. The topological polar surface area (TPSA) is 71.2 Å². The van der Waals surface area contributed by atoms with Crippen molar-refractivity contribution in [2.45, 2.75) is 24.9 Å². The van der Waals surface area contributed by atoms with Crippen molar-refractivity contribution in [3.63, 3.8) is 0 Å². The van der Waals surface area contributed by atoms with Gasteiger partial charge in [0.2, 0.25) is 5.78 Å². The molecule has 7 heteroatoms. The van der Waals surface area contributed by atoms with E-state index in [1.165, 1.54) is 0 Å². The van der Waals surface area contributed by atoms with E-state index in [0.29, 0.717) is 11.6 Å². The molecular formula is C73H58N4O3. The quantitative estimate of drug-likeness (QED) is 0.0712. The average Bonchev–Trinajstić information content (AvgIpc) is 4.22. The van der Waals surface area contributed by atoms with Gasteiger partial charge in [0, 0.05) is 34.6 Å². The summed E-state index contributed by atoms with van der Waals surface area (Å²) in [7, 11) is 3.37. The van der Waals surface area contributed by atoms with E-state index >= 15 is 4.79 Å². The van der Waals surface area contributed by atoms with Crippen molar-refractivity contribution in [1.29, 1.82) is 0 Å². The molecule has 80 heavy (non-hydrogen) atoms. The van der Waals surface area contributed by atoms with E-state index in [0.717, 1.165) is 99.8 Å². The van der Waals surface area contributed by atoms with Gasteiger partial charge in [-0.25, -0.2) is 9.97 Å². The van der Waals surface area contributed by atoms with Crippen molar-refractivity contribution < 1.29 is 14.3 Å². The minimum absolute atomic E-state index is 0.224. The Hall–Kier alpha value is -10.1. The maximum Gasteiger partial charge on any atom is 0.232 e. The fraction of sp³-hybridized carbons (Fsp3) is 0.0822. The summed E-state index contributed by atoms with van der Waals surface area (Å²) in [6, 6.07) is 83.6. The second-order valence-electron chi connectivity index (χ2n) is 20.3. The van der Waals surface area contributed by atoms with E-state index in [1.54, 1.807) is 14.2 Å². The maximum atomic E-state index is 16.3. The lowest BCUT2D eigenvalue weighted by Crippen LogP contribution is -2.38. The van der Waals surface area contributed by atoms with Gasteiger partial charge in [0.05, 0.1) is 14.2 Å². The van der Waals surface area contributed by atoms with Crippen LogP contribution in [0.25, 0.3) is 55.5 Å². The molecular weight excluding hydrogens is 981 g/mol. The smallest absolute Gasteiger partial charge is 0.232 e. The van der Waals surface area contributed by atoms with E-state index in [9.17, 15) is 0 Å². The van der Waals surface area contributed by atoms with Gasteiger partial charge in [0.15, 0.2) is 0 Å². The monoisotopic (exact) mass is 1040 g/mol. The molecule has 2 heterocycles. The number of rotatable bonds is 16. The van der Waals surface area contributed by atoms with Gasteiger partial charge >= 0.3 is 0 Å². The van der Waals surface area contributed by atoms with Crippen LogP contribution in [0.2, 0.25) is 0 Å². The number of allylic oxidation sites excluding steroid dienone is 2. The molecule has 12 rings (SSSR count). The molecule has 0 N–H and O–H groups in total. The molecule has 0 aliphatic heterocycles.